The molecule has 17 heavy (non-hydrogen) atoms. The normalized spacial score (nSPS) is 11.3. The van der Waals surface area contributed by atoms with Crippen molar-refractivity contribution in [2.45, 2.75) is 39.7 Å². The van der Waals surface area contributed by atoms with E-state index in [0.717, 1.165) is 4.68 Å². The molecular formula is C11H16N2O4. The number of carbonyl (C=O) groups excluding carboxylic acids is 1. The highest BCUT2D eigenvalue weighted by molar-refractivity contribution is 5.89. The fraction of sp³-hybridized carbons (Fsp3) is 0.545. The van der Waals surface area contributed by atoms with E-state index >= 15 is 0 Å². The van der Waals surface area contributed by atoms with Gasteiger partial charge in [0.05, 0.1) is 11.9 Å². The van der Waals surface area contributed by atoms with Crippen LogP contribution in [-0.4, -0.2) is 32.6 Å². The topological polar surface area (TPSA) is 81.4 Å². The van der Waals surface area contributed by atoms with Gasteiger partial charge in [-0.05, 0) is 27.2 Å². The highest BCUT2D eigenvalue weighted by Crippen LogP contribution is 2.12. The Bertz CT molecular complexity index is 443. The van der Waals surface area contributed by atoms with Gasteiger partial charge in [-0.15, -0.1) is 0 Å². The van der Waals surface area contributed by atoms with E-state index in [1.54, 1.807) is 27.7 Å². The van der Waals surface area contributed by atoms with Gasteiger partial charge in [0, 0.05) is 0 Å². The Labute approximate surface area is 99.2 Å². The monoisotopic (exact) mass is 240 g/mol. The quantitative estimate of drug-likeness (QED) is 0.854. The third kappa shape index (κ3) is 3.30. The number of carboxylic acids is 1. The maximum Gasteiger partial charge on any atom is 0.435 e. The van der Waals surface area contributed by atoms with Crippen LogP contribution in [0.1, 0.15) is 43.7 Å². The molecule has 1 rings (SSSR count). The number of rotatable bonds is 2. The fourth-order valence-corrected chi connectivity index (χ4v) is 1.25. The molecule has 6 nitrogen and oxygen atoms in total. The van der Waals surface area contributed by atoms with E-state index in [1.807, 2.05) is 0 Å². The minimum Gasteiger partial charge on any atom is -0.478 e. The molecular weight excluding hydrogens is 224 g/mol. The highest BCUT2D eigenvalue weighted by atomic mass is 16.6. The van der Waals surface area contributed by atoms with Crippen molar-refractivity contribution in [3.05, 3.63) is 17.5 Å². The average Bonchev–Trinajstić information content (AvgIpc) is 2.58. The van der Waals surface area contributed by atoms with Crippen molar-refractivity contribution in [3.63, 3.8) is 0 Å². The number of ether oxygens (including phenoxy) is 1. The van der Waals surface area contributed by atoms with Crippen LogP contribution in [0.4, 0.5) is 4.79 Å². The van der Waals surface area contributed by atoms with Crippen molar-refractivity contribution in [1.82, 2.24) is 9.78 Å². The maximum atomic E-state index is 11.6. The Balaban J connectivity index is 3.00. The van der Waals surface area contributed by atoms with Crippen LogP contribution in [0.5, 0.6) is 0 Å². The molecule has 0 aliphatic rings. The Kier molecular flexibility index (Phi) is 3.55. The second kappa shape index (κ2) is 4.57. The van der Waals surface area contributed by atoms with E-state index < -0.39 is 17.7 Å². The molecule has 0 fully saturated rings. The van der Waals surface area contributed by atoms with Crippen molar-refractivity contribution < 1.29 is 19.4 Å². The molecule has 6 heteroatoms. The van der Waals surface area contributed by atoms with Crippen LogP contribution in [-0.2, 0) is 11.2 Å². The number of carbonyl (C=O) groups is 2. The standard InChI is InChI=1S/C11H16N2O4/c1-5-8-7(9(14)15)6-13(12-8)10(16)17-11(2,3)4/h6H,5H2,1-4H3,(H,14,15). The molecule has 0 spiro atoms. The van der Waals surface area contributed by atoms with E-state index in [9.17, 15) is 9.59 Å². The molecule has 1 N–H and O–H groups in total. The Morgan fingerprint density at radius 2 is 2.06 bits per heavy atom. The van der Waals surface area contributed by atoms with Crippen molar-refractivity contribution >= 4 is 12.1 Å². The van der Waals surface area contributed by atoms with Gasteiger partial charge in [0.25, 0.3) is 0 Å². The molecule has 0 radical (unpaired) electrons. The molecule has 0 aromatic carbocycles. The lowest BCUT2D eigenvalue weighted by atomic mass is 10.2. The van der Waals surface area contributed by atoms with Crippen LogP contribution >= 0.6 is 0 Å². The number of aromatic carboxylic acids is 1. The molecule has 0 saturated heterocycles. The molecule has 0 aliphatic carbocycles. The summed E-state index contributed by atoms with van der Waals surface area (Å²) in [6, 6.07) is 0. The number of nitrogens with zero attached hydrogens (tertiary/aromatic N) is 2. The molecule has 1 aromatic rings. The molecule has 1 heterocycles. The highest BCUT2D eigenvalue weighted by Gasteiger charge is 2.21. The van der Waals surface area contributed by atoms with Crippen molar-refractivity contribution in [2.24, 2.45) is 0 Å². The zero-order valence-electron chi connectivity index (χ0n) is 10.4. The van der Waals surface area contributed by atoms with Gasteiger partial charge in [-0.2, -0.15) is 9.78 Å². The predicted octanol–water partition coefficient (Wildman–Crippen LogP) is 1.93. The number of aromatic nitrogens is 2. The third-order valence-corrected chi connectivity index (χ3v) is 1.94. The smallest absolute Gasteiger partial charge is 0.435 e. The third-order valence-electron chi connectivity index (χ3n) is 1.94. The maximum absolute atomic E-state index is 11.6. The molecule has 94 valence electrons. The Morgan fingerprint density at radius 3 is 2.41 bits per heavy atom. The number of carboxylic acid groups (broad SMARTS) is 1. The fourth-order valence-electron chi connectivity index (χ4n) is 1.25. The molecule has 0 amide bonds. The average molecular weight is 240 g/mol. The number of aryl methyl sites for hydroxylation is 1. The molecule has 0 unspecified atom stereocenters. The van der Waals surface area contributed by atoms with E-state index in [1.165, 1.54) is 6.20 Å². The summed E-state index contributed by atoms with van der Waals surface area (Å²) in [5.41, 5.74) is -0.250. The first kappa shape index (κ1) is 13.2. The summed E-state index contributed by atoms with van der Waals surface area (Å²) in [6.45, 7) is 6.96. The summed E-state index contributed by atoms with van der Waals surface area (Å²) in [5, 5.41) is 12.8. The molecule has 1 aromatic heterocycles. The summed E-state index contributed by atoms with van der Waals surface area (Å²) in [4.78, 5) is 22.5. The lowest BCUT2D eigenvalue weighted by molar-refractivity contribution is 0.0514. The molecule has 0 bridgehead atoms. The van der Waals surface area contributed by atoms with E-state index in [-0.39, 0.29) is 5.56 Å². The Hall–Kier alpha value is -1.85. The molecule has 0 atom stereocenters. The Morgan fingerprint density at radius 1 is 1.47 bits per heavy atom. The van der Waals surface area contributed by atoms with Crippen LogP contribution in [0.25, 0.3) is 0 Å². The summed E-state index contributed by atoms with van der Waals surface area (Å²) < 4.78 is 6.01. The van der Waals surface area contributed by atoms with Gasteiger partial charge in [-0.3, -0.25) is 0 Å². The van der Waals surface area contributed by atoms with Crippen LogP contribution in [0.3, 0.4) is 0 Å². The van der Waals surface area contributed by atoms with Gasteiger partial charge in [0.15, 0.2) is 0 Å². The number of hydrogen-bond donors (Lipinski definition) is 1. The minimum absolute atomic E-state index is 0.0263. The van der Waals surface area contributed by atoms with Gasteiger partial charge in [0.2, 0.25) is 0 Å². The second-order valence-corrected chi connectivity index (χ2v) is 4.57. The first-order chi connectivity index (χ1) is 7.74. The van der Waals surface area contributed by atoms with Crippen molar-refractivity contribution in [2.75, 3.05) is 0 Å². The number of hydrogen-bond acceptors (Lipinski definition) is 4. The SMILES string of the molecule is CCc1nn(C(=O)OC(C)(C)C)cc1C(=O)O. The summed E-state index contributed by atoms with van der Waals surface area (Å²) in [5.74, 6) is -1.10. The first-order valence-corrected chi connectivity index (χ1v) is 5.29. The van der Waals surface area contributed by atoms with Gasteiger partial charge in [-0.25, -0.2) is 9.59 Å². The molecule has 0 aliphatic heterocycles. The summed E-state index contributed by atoms with van der Waals surface area (Å²) >= 11 is 0. The van der Waals surface area contributed by atoms with E-state index in [0.29, 0.717) is 12.1 Å². The lowest BCUT2D eigenvalue weighted by Gasteiger charge is -2.18. The van der Waals surface area contributed by atoms with E-state index in [2.05, 4.69) is 5.10 Å². The lowest BCUT2D eigenvalue weighted by Crippen LogP contribution is -2.27. The zero-order valence-corrected chi connectivity index (χ0v) is 10.4. The van der Waals surface area contributed by atoms with Gasteiger partial charge < -0.3 is 9.84 Å². The van der Waals surface area contributed by atoms with Gasteiger partial charge in [0.1, 0.15) is 11.2 Å². The molecule has 0 saturated carbocycles. The van der Waals surface area contributed by atoms with Crippen LogP contribution < -0.4 is 0 Å². The minimum atomic E-state index is -1.10. The largest absolute Gasteiger partial charge is 0.478 e. The van der Waals surface area contributed by atoms with Crippen molar-refractivity contribution in [3.8, 4) is 0 Å². The van der Waals surface area contributed by atoms with Crippen LogP contribution in [0.15, 0.2) is 6.20 Å². The van der Waals surface area contributed by atoms with Gasteiger partial charge in [-0.1, -0.05) is 6.92 Å². The summed E-state index contributed by atoms with van der Waals surface area (Å²) in [6.07, 6.45) is 0.937. The first-order valence-electron chi connectivity index (χ1n) is 5.29. The van der Waals surface area contributed by atoms with Crippen LogP contribution in [0, 0.1) is 0 Å². The van der Waals surface area contributed by atoms with Crippen LogP contribution in [0.2, 0.25) is 0 Å². The summed E-state index contributed by atoms with van der Waals surface area (Å²) in [7, 11) is 0. The zero-order chi connectivity index (χ0) is 13.2. The van der Waals surface area contributed by atoms with E-state index in [4.69, 9.17) is 9.84 Å². The predicted molar refractivity (Wildman–Crippen MR) is 60.2 cm³/mol. The van der Waals surface area contributed by atoms with Gasteiger partial charge >= 0.3 is 12.1 Å². The van der Waals surface area contributed by atoms with Crippen molar-refractivity contribution in [1.29, 1.82) is 0 Å². The second-order valence-electron chi connectivity index (χ2n) is 4.57.